The number of aromatic amines is 1. The topological polar surface area (TPSA) is 92.7 Å². The second kappa shape index (κ2) is 9.46. The molecule has 0 unspecified atom stereocenters. The number of anilines is 1. The standard InChI is InChI=1S/C29H25N5O2/c1-18-10-24(14-26(11-18)34-16-20(3)31-17-34)29(36)32-25-8-4-19(2)22(13-25)6-5-21-12-23-7-9-27(35)33-28(23)30-15-21/h4-17H,1-3H3,(H,32,36)(H,30,33,35)/b6-5+. The van der Waals surface area contributed by atoms with Gasteiger partial charge in [-0.25, -0.2) is 9.97 Å². The van der Waals surface area contributed by atoms with Crippen molar-refractivity contribution in [2.24, 2.45) is 0 Å². The summed E-state index contributed by atoms with van der Waals surface area (Å²) in [6.07, 6.45) is 9.35. The van der Waals surface area contributed by atoms with Crippen molar-refractivity contribution in [1.29, 1.82) is 0 Å². The molecule has 5 rings (SSSR count). The van der Waals surface area contributed by atoms with E-state index in [4.69, 9.17) is 0 Å². The van der Waals surface area contributed by atoms with Gasteiger partial charge in [0.2, 0.25) is 5.56 Å². The summed E-state index contributed by atoms with van der Waals surface area (Å²) in [6, 6.07) is 16.8. The number of nitrogens with one attached hydrogen (secondary N) is 2. The molecule has 0 radical (unpaired) electrons. The number of imidazole rings is 1. The van der Waals surface area contributed by atoms with Gasteiger partial charge in [-0.2, -0.15) is 0 Å². The average molecular weight is 476 g/mol. The maximum atomic E-state index is 13.1. The van der Waals surface area contributed by atoms with Crippen LogP contribution in [0.15, 0.2) is 78.1 Å². The van der Waals surface area contributed by atoms with Gasteiger partial charge in [-0.05, 0) is 85.5 Å². The van der Waals surface area contributed by atoms with Crippen LogP contribution in [0.3, 0.4) is 0 Å². The predicted molar refractivity (Wildman–Crippen MR) is 143 cm³/mol. The number of carbonyl (C=O) groups excluding carboxylic acids is 1. The van der Waals surface area contributed by atoms with Crippen LogP contribution >= 0.6 is 0 Å². The van der Waals surface area contributed by atoms with Crippen molar-refractivity contribution in [3.05, 3.63) is 117 Å². The number of aryl methyl sites for hydroxylation is 3. The zero-order valence-corrected chi connectivity index (χ0v) is 20.2. The Bertz CT molecular complexity index is 1690. The molecule has 178 valence electrons. The summed E-state index contributed by atoms with van der Waals surface area (Å²) in [4.78, 5) is 35.9. The minimum absolute atomic E-state index is 0.175. The summed E-state index contributed by atoms with van der Waals surface area (Å²) >= 11 is 0. The minimum atomic E-state index is -0.178. The Morgan fingerprint density at radius 2 is 1.83 bits per heavy atom. The van der Waals surface area contributed by atoms with E-state index in [0.29, 0.717) is 16.9 Å². The average Bonchev–Trinajstić information content (AvgIpc) is 3.30. The first-order valence-corrected chi connectivity index (χ1v) is 11.6. The minimum Gasteiger partial charge on any atom is -0.322 e. The van der Waals surface area contributed by atoms with Gasteiger partial charge < -0.3 is 14.9 Å². The molecule has 3 heterocycles. The molecule has 3 aromatic heterocycles. The van der Waals surface area contributed by atoms with Gasteiger partial charge in [0.05, 0.1) is 12.0 Å². The molecule has 0 saturated heterocycles. The highest BCUT2D eigenvalue weighted by Gasteiger charge is 2.10. The Balaban J connectivity index is 1.37. The summed E-state index contributed by atoms with van der Waals surface area (Å²) in [6.45, 7) is 5.93. The van der Waals surface area contributed by atoms with Crippen LogP contribution in [-0.4, -0.2) is 25.4 Å². The van der Waals surface area contributed by atoms with E-state index in [2.05, 4.69) is 20.3 Å². The summed E-state index contributed by atoms with van der Waals surface area (Å²) in [5, 5.41) is 3.88. The molecular formula is C29H25N5O2. The number of H-pyrrole nitrogens is 1. The number of carbonyl (C=O) groups is 1. The van der Waals surface area contributed by atoms with E-state index in [1.54, 1.807) is 18.6 Å². The van der Waals surface area contributed by atoms with E-state index in [-0.39, 0.29) is 11.5 Å². The molecule has 5 aromatic rings. The summed E-state index contributed by atoms with van der Waals surface area (Å²) in [5.41, 5.74) is 7.43. The molecule has 0 aliphatic heterocycles. The van der Waals surface area contributed by atoms with Crippen LogP contribution < -0.4 is 10.9 Å². The van der Waals surface area contributed by atoms with Crippen molar-refractivity contribution >= 4 is 34.8 Å². The van der Waals surface area contributed by atoms with Gasteiger partial charge in [-0.1, -0.05) is 18.2 Å². The second-order valence-corrected chi connectivity index (χ2v) is 8.87. The maximum Gasteiger partial charge on any atom is 0.255 e. The number of rotatable bonds is 5. The van der Waals surface area contributed by atoms with Crippen molar-refractivity contribution in [3.63, 3.8) is 0 Å². The molecule has 7 heteroatoms. The van der Waals surface area contributed by atoms with Gasteiger partial charge in [0, 0.05) is 40.8 Å². The Kier molecular flexibility index (Phi) is 6.04. The molecule has 2 aromatic carbocycles. The first kappa shape index (κ1) is 23.0. The van der Waals surface area contributed by atoms with E-state index in [0.717, 1.165) is 39.0 Å². The number of hydrogen-bond donors (Lipinski definition) is 2. The lowest BCUT2D eigenvalue weighted by atomic mass is 10.1. The van der Waals surface area contributed by atoms with Crippen molar-refractivity contribution < 1.29 is 4.79 Å². The Morgan fingerprint density at radius 3 is 2.64 bits per heavy atom. The summed E-state index contributed by atoms with van der Waals surface area (Å²) in [7, 11) is 0. The third kappa shape index (κ3) is 5.00. The molecule has 0 aliphatic carbocycles. The van der Waals surface area contributed by atoms with Crippen LogP contribution in [0.1, 0.15) is 38.3 Å². The van der Waals surface area contributed by atoms with Crippen LogP contribution in [0.25, 0.3) is 28.9 Å². The van der Waals surface area contributed by atoms with E-state index < -0.39 is 0 Å². The zero-order valence-electron chi connectivity index (χ0n) is 20.2. The zero-order chi connectivity index (χ0) is 25.2. The molecule has 0 spiro atoms. The fraction of sp³-hybridized carbons (Fsp3) is 0.103. The van der Waals surface area contributed by atoms with Gasteiger partial charge >= 0.3 is 0 Å². The first-order valence-electron chi connectivity index (χ1n) is 11.6. The SMILES string of the molecule is Cc1cc(C(=O)Nc2ccc(C)c(/C=C/c3cnc4[nH]c(=O)ccc4c3)c2)cc(-n2cnc(C)c2)c1. The van der Waals surface area contributed by atoms with Gasteiger partial charge in [0.1, 0.15) is 5.65 Å². The lowest BCUT2D eigenvalue weighted by Gasteiger charge is -2.11. The van der Waals surface area contributed by atoms with Gasteiger partial charge in [0.25, 0.3) is 5.91 Å². The fourth-order valence-corrected chi connectivity index (χ4v) is 4.04. The van der Waals surface area contributed by atoms with Crippen LogP contribution in [-0.2, 0) is 0 Å². The molecule has 0 aliphatic rings. The Hall–Kier alpha value is -4.78. The Morgan fingerprint density at radius 1 is 0.972 bits per heavy atom. The highest BCUT2D eigenvalue weighted by atomic mass is 16.1. The van der Waals surface area contributed by atoms with E-state index >= 15 is 0 Å². The van der Waals surface area contributed by atoms with E-state index in [9.17, 15) is 9.59 Å². The molecule has 0 saturated carbocycles. The molecule has 1 amide bonds. The second-order valence-electron chi connectivity index (χ2n) is 8.87. The van der Waals surface area contributed by atoms with Gasteiger partial charge in [-0.15, -0.1) is 0 Å². The molecule has 36 heavy (non-hydrogen) atoms. The Labute approximate surface area is 208 Å². The van der Waals surface area contributed by atoms with E-state index in [1.807, 2.05) is 86.2 Å². The summed E-state index contributed by atoms with van der Waals surface area (Å²) < 4.78 is 1.91. The number of amides is 1. The monoisotopic (exact) mass is 475 g/mol. The lowest BCUT2D eigenvalue weighted by Crippen LogP contribution is -2.13. The maximum absolute atomic E-state index is 13.1. The molecule has 7 nitrogen and oxygen atoms in total. The molecule has 0 fully saturated rings. The highest BCUT2D eigenvalue weighted by molar-refractivity contribution is 6.05. The third-order valence-corrected chi connectivity index (χ3v) is 5.92. The smallest absolute Gasteiger partial charge is 0.255 e. The van der Waals surface area contributed by atoms with Gasteiger partial charge in [-0.3, -0.25) is 9.59 Å². The van der Waals surface area contributed by atoms with Crippen molar-refractivity contribution in [1.82, 2.24) is 19.5 Å². The van der Waals surface area contributed by atoms with Crippen LogP contribution in [0, 0.1) is 20.8 Å². The largest absolute Gasteiger partial charge is 0.322 e. The lowest BCUT2D eigenvalue weighted by molar-refractivity contribution is 0.102. The van der Waals surface area contributed by atoms with E-state index in [1.165, 1.54) is 6.07 Å². The van der Waals surface area contributed by atoms with Crippen molar-refractivity contribution in [2.75, 3.05) is 5.32 Å². The fourth-order valence-electron chi connectivity index (χ4n) is 4.04. The van der Waals surface area contributed by atoms with Crippen molar-refractivity contribution in [2.45, 2.75) is 20.8 Å². The quantitative estimate of drug-likeness (QED) is 0.353. The third-order valence-electron chi connectivity index (χ3n) is 5.92. The summed E-state index contributed by atoms with van der Waals surface area (Å²) in [5.74, 6) is -0.178. The molecule has 0 atom stereocenters. The number of nitrogens with zero attached hydrogens (tertiary/aromatic N) is 3. The first-order chi connectivity index (χ1) is 17.3. The van der Waals surface area contributed by atoms with Crippen molar-refractivity contribution in [3.8, 4) is 5.69 Å². The number of fused-ring (bicyclic) bond motifs is 1. The number of benzene rings is 2. The molecule has 0 bridgehead atoms. The van der Waals surface area contributed by atoms with Crippen LogP contribution in [0.5, 0.6) is 0 Å². The number of aromatic nitrogens is 4. The predicted octanol–water partition coefficient (Wildman–Crippen LogP) is 5.46. The normalized spacial score (nSPS) is 11.3. The number of hydrogen-bond acceptors (Lipinski definition) is 4. The van der Waals surface area contributed by atoms with Gasteiger partial charge in [0.15, 0.2) is 0 Å². The highest BCUT2D eigenvalue weighted by Crippen LogP contribution is 2.21. The van der Waals surface area contributed by atoms with Crippen LogP contribution in [0.4, 0.5) is 5.69 Å². The molecular weight excluding hydrogens is 450 g/mol. The molecule has 2 N–H and O–H groups in total. The van der Waals surface area contributed by atoms with Crippen LogP contribution in [0.2, 0.25) is 0 Å². The number of pyridine rings is 2.